The average molecular weight is 426 g/mol. The Morgan fingerprint density at radius 1 is 1.00 bits per heavy atom. The van der Waals surface area contributed by atoms with Gasteiger partial charge in [0.15, 0.2) is 11.5 Å². The van der Waals surface area contributed by atoms with Crippen molar-refractivity contribution in [3.63, 3.8) is 0 Å². The van der Waals surface area contributed by atoms with E-state index < -0.39 is 30.0 Å². The van der Waals surface area contributed by atoms with Crippen LogP contribution < -0.4 is 20.1 Å². The highest BCUT2D eigenvalue weighted by molar-refractivity contribution is 6.05. The molecular formula is C20H21F3N2O5. The Balaban J connectivity index is 2.18. The number of halogens is 3. The Hall–Kier alpha value is -3.43. The van der Waals surface area contributed by atoms with Crippen LogP contribution in [0.1, 0.15) is 31.1 Å². The van der Waals surface area contributed by atoms with E-state index in [2.05, 4.69) is 15.4 Å². The number of alkyl halides is 2. The molecule has 0 heterocycles. The SMILES string of the molecule is COc1ccc(C(=O)Nc2ccc(F)c(NC(=O)OC(C)(C)C)c2)cc1OC(F)F. The topological polar surface area (TPSA) is 85.9 Å². The lowest BCUT2D eigenvalue weighted by molar-refractivity contribution is -0.0512. The summed E-state index contributed by atoms with van der Waals surface area (Å²) in [6.07, 6.45) is -0.867. The molecule has 0 fully saturated rings. The van der Waals surface area contributed by atoms with Crippen molar-refractivity contribution < 1.29 is 37.0 Å². The summed E-state index contributed by atoms with van der Waals surface area (Å²) >= 11 is 0. The van der Waals surface area contributed by atoms with E-state index in [1.165, 1.54) is 31.4 Å². The molecule has 0 saturated carbocycles. The number of carbonyl (C=O) groups excluding carboxylic acids is 2. The summed E-state index contributed by atoms with van der Waals surface area (Å²) in [5.41, 5.74) is -0.839. The van der Waals surface area contributed by atoms with Crippen molar-refractivity contribution in [3.05, 3.63) is 47.8 Å². The van der Waals surface area contributed by atoms with Crippen LogP contribution in [0.4, 0.5) is 29.3 Å². The molecule has 0 unspecified atom stereocenters. The molecule has 0 spiro atoms. The molecule has 2 aromatic carbocycles. The van der Waals surface area contributed by atoms with Crippen molar-refractivity contribution in [1.29, 1.82) is 0 Å². The first-order valence-electron chi connectivity index (χ1n) is 8.72. The third kappa shape index (κ3) is 6.57. The third-order valence-corrected chi connectivity index (χ3v) is 3.50. The van der Waals surface area contributed by atoms with Gasteiger partial charge in [0.25, 0.3) is 5.91 Å². The molecule has 7 nitrogen and oxygen atoms in total. The molecule has 10 heteroatoms. The smallest absolute Gasteiger partial charge is 0.412 e. The summed E-state index contributed by atoms with van der Waals surface area (Å²) in [6.45, 7) is 1.86. The highest BCUT2D eigenvalue weighted by Crippen LogP contribution is 2.30. The molecule has 2 amide bonds. The van der Waals surface area contributed by atoms with Crippen LogP contribution in [0, 0.1) is 5.82 Å². The second-order valence-electron chi connectivity index (χ2n) is 7.02. The van der Waals surface area contributed by atoms with Gasteiger partial charge in [-0.1, -0.05) is 0 Å². The van der Waals surface area contributed by atoms with Crippen molar-refractivity contribution in [2.75, 3.05) is 17.7 Å². The number of ether oxygens (including phenoxy) is 3. The van der Waals surface area contributed by atoms with Gasteiger partial charge in [-0.05, 0) is 57.2 Å². The summed E-state index contributed by atoms with van der Waals surface area (Å²) in [6, 6.07) is 7.23. The summed E-state index contributed by atoms with van der Waals surface area (Å²) in [4.78, 5) is 24.3. The fourth-order valence-corrected chi connectivity index (χ4v) is 2.32. The zero-order valence-electron chi connectivity index (χ0n) is 16.7. The number of methoxy groups -OCH3 is 1. The minimum Gasteiger partial charge on any atom is -0.493 e. The fourth-order valence-electron chi connectivity index (χ4n) is 2.32. The monoisotopic (exact) mass is 426 g/mol. The van der Waals surface area contributed by atoms with Gasteiger partial charge in [-0.3, -0.25) is 10.1 Å². The molecule has 0 atom stereocenters. The van der Waals surface area contributed by atoms with E-state index >= 15 is 0 Å². The lowest BCUT2D eigenvalue weighted by Crippen LogP contribution is -2.27. The minimum absolute atomic E-state index is 0.00238. The van der Waals surface area contributed by atoms with E-state index in [0.29, 0.717) is 0 Å². The van der Waals surface area contributed by atoms with Gasteiger partial charge in [0.05, 0.1) is 12.8 Å². The minimum atomic E-state index is -3.10. The molecule has 0 aliphatic rings. The van der Waals surface area contributed by atoms with Gasteiger partial charge >= 0.3 is 12.7 Å². The number of hydrogen-bond acceptors (Lipinski definition) is 5. The average Bonchev–Trinajstić information content (AvgIpc) is 2.62. The van der Waals surface area contributed by atoms with Gasteiger partial charge in [-0.25, -0.2) is 9.18 Å². The molecule has 0 aromatic heterocycles. The first-order valence-corrected chi connectivity index (χ1v) is 8.72. The summed E-state index contributed by atoms with van der Waals surface area (Å²) < 4.78 is 53.4. The van der Waals surface area contributed by atoms with E-state index in [1.54, 1.807) is 20.8 Å². The number of rotatable bonds is 6. The van der Waals surface area contributed by atoms with Crippen LogP contribution >= 0.6 is 0 Å². The molecular weight excluding hydrogens is 405 g/mol. The summed E-state index contributed by atoms with van der Waals surface area (Å²) in [5, 5.41) is 4.74. The Kier molecular flexibility index (Phi) is 7.14. The van der Waals surface area contributed by atoms with Crippen LogP contribution in [-0.4, -0.2) is 31.3 Å². The van der Waals surface area contributed by atoms with Crippen molar-refractivity contribution in [2.24, 2.45) is 0 Å². The van der Waals surface area contributed by atoms with Crippen LogP contribution in [0.15, 0.2) is 36.4 Å². The summed E-state index contributed by atoms with van der Waals surface area (Å²) in [7, 11) is 1.27. The standard InChI is InChI=1S/C20H21F3N2O5/c1-20(2,3)30-19(27)25-14-10-12(6-7-13(14)21)24-17(26)11-5-8-15(28-4)16(9-11)29-18(22)23/h5-10,18H,1-4H3,(H,24,26)(H,25,27). The number of anilines is 2. The number of carbonyl (C=O) groups is 2. The number of amides is 2. The maximum atomic E-state index is 14.0. The van der Waals surface area contributed by atoms with E-state index in [0.717, 1.165) is 12.1 Å². The Bertz CT molecular complexity index is 929. The lowest BCUT2D eigenvalue weighted by Gasteiger charge is -2.20. The Morgan fingerprint density at radius 2 is 1.70 bits per heavy atom. The first kappa shape index (κ1) is 22.9. The van der Waals surface area contributed by atoms with Crippen LogP contribution in [0.25, 0.3) is 0 Å². The van der Waals surface area contributed by atoms with Crippen molar-refractivity contribution in [3.8, 4) is 11.5 Å². The van der Waals surface area contributed by atoms with E-state index in [9.17, 15) is 22.8 Å². The molecule has 0 radical (unpaired) electrons. The van der Waals surface area contributed by atoms with Crippen LogP contribution in [0.3, 0.4) is 0 Å². The fraction of sp³-hybridized carbons (Fsp3) is 0.300. The van der Waals surface area contributed by atoms with Crippen molar-refractivity contribution in [2.45, 2.75) is 33.0 Å². The van der Waals surface area contributed by atoms with E-state index in [1.807, 2.05) is 0 Å². The van der Waals surface area contributed by atoms with Gasteiger partial charge in [0.2, 0.25) is 0 Å². The van der Waals surface area contributed by atoms with Gasteiger partial charge in [0, 0.05) is 11.3 Å². The predicted molar refractivity (Wildman–Crippen MR) is 104 cm³/mol. The van der Waals surface area contributed by atoms with Gasteiger partial charge in [-0.15, -0.1) is 0 Å². The third-order valence-electron chi connectivity index (χ3n) is 3.50. The zero-order chi connectivity index (χ0) is 22.5. The Morgan fingerprint density at radius 3 is 2.30 bits per heavy atom. The largest absolute Gasteiger partial charge is 0.493 e. The van der Waals surface area contributed by atoms with E-state index in [4.69, 9.17) is 9.47 Å². The highest BCUT2D eigenvalue weighted by atomic mass is 19.3. The van der Waals surface area contributed by atoms with Crippen molar-refractivity contribution in [1.82, 2.24) is 0 Å². The molecule has 162 valence electrons. The predicted octanol–water partition coefficient (Wildman–Crippen LogP) is 5.04. The van der Waals surface area contributed by atoms with E-state index in [-0.39, 0.29) is 28.4 Å². The van der Waals surface area contributed by atoms with Gasteiger partial charge in [-0.2, -0.15) is 8.78 Å². The highest BCUT2D eigenvalue weighted by Gasteiger charge is 2.18. The normalized spacial score (nSPS) is 11.1. The summed E-state index contributed by atoms with van der Waals surface area (Å²) in [5.74, 6) is -1.70. The van der Waals surface area contributed by atoms with Crippen LogP contribution in [0.5, 0.6) is 11.5 Å². The molecule has 0 aliphatic carbocycles. The maximum Gasteiger partial charge on any atom is 0.412 e. The molecule has 2 N–H and O–H groups in total. The van der Waals surface area contributed by atoms with Gasteiger partial charge < -0.3 is 19.5 Å². The zero-order valence-corrected chi connectivity index (χ0v) is 16.7. The number of nitrogens with one attached hydrogen (secondary N) is 2. The first-order chi connectivity index (χ1) is 14.0. The quantitative estimate of drug-likeness (QED) is 0.676. The Labute approximate surface area is 171 Å². The molecule has 0 bridgehead atoms. The number of hydrogen-bond donors (Lipinski definition) is 2. The number of benzene rings is 2. The molecule has 2 rings (SSSR count). The second kappa shape index (κ2) is 9.38. The lowest BCUT2D eigenvalue weighted by atomic mass is 10.1. The molecule has 0 saturated heterocycles. The molecule has 2 aromatic rings. The molecule has 30 heavy (non-hydrogen) atoms. The van der Waals surface area contributed by atoms with Crippen LogP contribution in [0.2, 0.25) is 0 Å². The maximum absolute atomic E-state index is 14.0. The molecule has 0 aliphatic heterocycles. The van der Waals surface area contributed by atoms with Crippen LogP contribution in [-0.2, 0) is 4.74 Å². The second-order valence-corrected chi connectivity index (χ2v) is 7.02. The van der Waals surface area contributed by atoms with Gasteiger partial charge in [0.1, 0.15) is 11.4 Å². The van der Waals surface area contributed by atoms with Crippen molar-refractivity contribution >= 4 is 23.4 Å².